The third kappa shape index (κ3) is 5.55. The third-order valence-electron chi connectivity index (χ3n) is 5.28. The van der Waals surface area contributed by atoms with E-state index in [0.717, 1.165) is 10.4 Å². The molecule has 3 aromatic carbocycles. The number of carbonyl (C=O) groups is 2. The van der Waals surface area contributed by atoms with E-state index in [4.69, 9.17) is 0 Å². The molecule has 4 nitrogen and oxygen atoms in total. The molecule has 1 heterocycles. The van der Waals surface area contributed by atoms with Gasteiger partial charge in [0.1, 0.15) is 17.7 Å². The lowest BCUT2D eigenvalue weighted by Gasteiger charge is -2.31. The summed E-state index contributed by atoms with van der Waals surface area (Å²) in [6, 6.07) is 22.8. The summed E-state index contributed by atoms with van der Waals surface area (Å²) in [6.45, 7) is 0.195. The summed E-state index contributed by atoms with van der Waals surface area (Å²) in [5.41, 5.74) is 1.05. The molecule has 4 rings (SSSR count). The van der Waals surface area contributed by atoms with Crippen molar-refractivity contribution in [1.82, 2.24) is 5.32 Å². The summed E-state index contributed by atoms with van der Waals surface area (Å²) < 4.78 is 29.1. The Labute approximate surface area is 200 Å². The van der Waals surface area contributed by atoms with Crippen molar-refractivity contribution >= 4 is 28.8 Å². The van der Waals surface area contributed by atoms with Crippen molar-refractivity contribution in [3.8, 4) is 0 Å². The molecule has 0 saturated heterocycles. The molecule has 2 amide bonds. The van der Waals surface area contributed by atoms with Crippen LogP contribution in [0.4, 0.5) is 14.5 Å². The van der Waals surface area contributed by atoms with Gasteiger partial charge in [0.05, 0.1) is 6.42 Å². The molecule has 172 valence electrons. The molecule has 0 saturated carbocycles. The van der Waals surface area contributed by atoms with Crippen LogP contribution in [0, 0.1) is 11.6 Å². The van der Waals surface area contributed by atoms with E-state index < -0.39 is 29.5 Å². The van der Waals surface area contributed by atoms with Crippen LogP contribution in [-0.2, 0) is 22.6 Å². The highest BCUT2D eigenvalue weighted by atomic mass is 32.1. The number of nitrogens with zero attached hydrogens (tertiary/aromatic N) is 1. The van der Waals surface area contributed by atoms with E-state index >= 15 is 0 Å². The lowest BCUT2D eigenvalue weighted by atomic mass is 10.0. The van der Waals surface area contributed by atoms with E-state index in [1.807, 2.05) is 41.8 Å². The van der Waals surface area contributed by atoms with Crippen molar-refractivity contribution in [3.05, 3.63) is 124 Å². The lowest BCUT2D eigenvalue weighted by Crippen LogP contribution is -2.44. The number of hydrogen-bond donors (Lipinski definition) is 1. The summed E-state index contributed by atoms with van der Waals surface area (Å²) >= 11 is 1.40. The zero-order valence-corrected chi connectivity index (χ0v) is 19.0. The molecule has 0 aliphatic rings. The third-order valence-corrected chi connectivity index (χ3v) is 6.15. The molecular formula is C27H22F2N2O2S. The van der Waals surface area contributed by atoms with E-state index in [1.165, 1.54) is 58.7 Å². The van der Waals surface area contributed by atoms with Gasteiger partial charge in [-0.1, -0.05) is 60.7 Å². The molecular weight excluding hydrogens is 454 g/mol. The van der Waals surface area contributed by atoms with Crippen LogP contribution in [-0.4, -0.2) is 11.8 Å². The van der Waals surface area contributed by atoms with Crippen LogP contribution in [0.2, 0.25) is 0 Å². The molecule has 1 aromatic heterocycles. The molecule has 0 fully saturated rings. The second-order valence-electron chi connectivity index (χ2n) is 7.63. The van der Waals surface area contributed by atoms with Gasteiger partial charge in [-0.3, -0.25) is 14.5 Å². The molecule has 1 N–H and O–H groups in total. The topological polar surface area (TPSA) is 49.4 Å². The minimum absolute atomic E-state index is 0.00883. The maximum Gasteiger partial charge on any atom is 0.248 e. The van der Waals surface area contributed by atoms with Crippen molar-refractivity contribution in [2.24, 2.45) is 0 Å². The first-order valence-corrected chi connectivity index (χ1v) is 11.6. The average Bonchev–Trinajstić information content (AvgIpc) is 3.35. The second kappa shape index (κ2) is 10.9. The number of rotatable bonds is 8. The standard InChI is InChI=1S/C27H22F2N2O2S/c28-20-10-6-11-21(16-20)31(25(32)17-22-12-7-15-34-22)26(23-13-4-5-14-24(23)29)27(33)30-18-19-8-2-1-3-9-19/h1-16,26H,17-18H2,(H,30,33)/t26-/m1/s1. The fourth-order valence-corrected chi connectivity index (χ4v) is 4.38. The van der Waals surface area contributed by atoms with E-state index in [0.29, 0.717) is 0 Å². The van der Waals surface area contributed by atoms with Crippen molar-refractivity contribution in [3.63, 3.8) is 0 Å². The van der Waals surface area contributed by atoms with Crippen LogP contribution >= 0.6 is 11.3 Å². The molecule has 0 spiro atoms. The van der Waals surface area contributed by atoms with Gasteiger partial charge in [-0.2, -0.15) is 0 Å². The number of nitrogens with one attached hydrogen (secondary N) is 1. The Morgan fingerprint density at radius 3 is 2.35 bits per heavy atom. The fraction of sp³-hybridized carbons (Fsp3) is 0.111. The van der Waals surface area contributed by atoms with Gasteiger partial charge in [-0.05, 0) is 41.3 Å². The van der Waals surface area contributed by atoms with Crippen LogP contribution in [0.1, 0.15) is 22.0 Å². The quantitative estimate of drug-likeness (QED) is 0.357. The van der Waals surface area contributed by atoms with Crippen LogP contribution in [0.15, 0.2) is 96.4 Å². The Hall–Kier alpha value is -3.84. The number of thiophene rings is 1. The summed E-state index contributed by atoms with van der Waals surface area (Å²) in [5.74, 6) is -2.22. The highest BCUT2D eigenvalue weighted by molar-refractivity contribution is 7.10. The molecule has 7 heteroatoms. The molecule has 0 aliphatic heterocycles. The predicted molar refractivity (Wildman–Crippen MR) is 129 cm³/mol. The predicted octanol–water partition coefficient (Wildman–Crippen LogP) is 5.66. The van der Waals surface area contributed by atoms with Gasteiger partial charge in [0, 0.05) is 22.7 Å². The monoisotopic (exact) mass is 476 g/mol. The normalized spacial score (nSPS) is 11.6. The van der Waals surface area contributed by atoms with Gasteiger partial charge < -0.3 is 5.32 Å². The van der Waals surface area contributed by atoms with Gasteiger partial charge in [0.2, 0.25) is 11.8 Å². The minimum atomic E-state index is -1.33. The fourth-order valence-electron chi connectivity index (χ4n) is 3.69. The highest BCUT2D eigenvalue weighted by Crippen LogP contribution is 2.31. The number of amides is 2. The van der Waals surface area contributed by atoms with Crippen LogP contribution in [0.25, 0.3) is 0 Å². The summed E-state index contributed by atoms with van der Waals surface area (Å²) in [6.07, 6.45) is -0.00883. The Kier molecular flexibility index (Phi) is 7.44. The zero-order chi connectivity index (χ0) is 23.9. The van der Waals surface area contributed by atoms with E-state index in [9.17, 15) is 18.4 Å². The van der Waals surface area contributed by atoms with E-state index in [1.54, 1.807) is 12.1 Å². The zero-order valence-electron chi connectivity index (χ0n) is 18.2. The van der Waals surface area contributed by atoms with Crippen molar-refractivity contribution < 1.29 is 18.4 Å². The van der Waals surface area contributed by atoms with Gasteiger partial charge in [0.25, 0.3) is 0 Å². The Morgan fingerprint density at radius 1 is 0.882 bits per heavy atom. The first-order valence-electron chi connectivity index (χ1n) is 10.7. The lowest BCUT2D eigenvalue weighted by molar-refractivity contribution is -0.126. The molecule has 34 heavy (non-hydrogen) atoms. The smallest absolute Gasteiger partial charge is 0.248 e. The molecule has 0 aliphatic carbocycles. The first kappa shape index (κ1) is 23.3. The highest BCUT2D eigenvalue weighted by Gasteiger charge is 2.34. The van der Waals surface area contributed by atoms with E-state index in [-0.39, 0.29) is 24.2 Å². The van der Waals surface area contributed by atoms with Gasteiger partial charge >= 0.3 is 0 Å². The van der Waals surface area contributed by atoms with Crippen molar-refractivity contribution in [1.29, 1.82) is 0 Å². The van der Waals surface area contributed by atoms with Gasteiger partial charge in [-0.15, -0.1) is 11.3 Å². The summed E-state index contributed by atoms with van der Waals surface area (Å²) in [7, 11) is 0. The number of halogens is 2. The van der Waals surface area contributed by atoms with Crippen LogP contribution < -0.4 is 10.2 Å². The largest absolute Gasteiger partial charge is 0.350 e. The summed E-state index contributed by atoms with van der Waals surface area (Å²) in [5, 5.41) is 4.66. The first-order chi connectivity index (χ1) is 16.5. The number of carbonyl (C=O) groups excluding carboxylic acids is 2. The Balaban J connectivity index is 1.76. The SMILES string of the molecule is O=C(NCc1ccccc1)[C@@H](c1ccccc1F)N(C(=O)Cc1cccs1)c1cccc(F)c1. The molecule has 0 unspecified atom stereocenters. The van der Waals surface area contributed by atoms with Crippen LogP contribution in [0.5, 0.6) is 0 Å². The second-order valence-corrected chi connectivity index (χ2v) is 8.66. The molecule has 1 atom stereocenters. The average molecular weight is 477 g/mol. The van der Waals surface area contributed by atoms with Gasteiger partial charge in [-0.25, -0.2) is 8.78 Å². The van der Waals surface area contributed by atoms with Crippen molar-refractivity contribution in [2.45, 2.75) is 19.0 Å². The Bertz CT molecular complexity index is 1260. The molecule has 0 bridgehead atoms. The number of benzene rings is 3. The molecule has 0 radical (unpaired) electrons. The minimum Gasteiger partial charge on any atom is -0.350 e. The van der Waals surface area contributed by atoms with E-state index in [2.05, 4.69) is 5.32 Å². The number of hydrogen-bond acceptors (Lipinski definition) is 3. The maximum atomic E-state index is 15.0. The summed E-state index contributed by atoms with van der Waals surface area (Å²) in [4.78, 5) is 29.0. The van der Waals surface area contributed by atoms with Crippen molar-refractivity contribution in [2.75, 3.05) is 4.90 Å². The van der Waals surface area contributed by atoms with Crippen LogP contribution in [0.3, 0.4) is 0 Å². The number of anilines is 1. The Morgan fingerprint density at radius 2 is 1.65 bits per heavy atom. The van der Waals surface area contributed by atoms with Gasteiger partial charge in [0.15, 0.2) is 0 Å². The molecule has 4 aromatic rings. The maximum absolute atomic E-state index is 15.0.